The van der Waals surface area contributed by atoms with E-state index in [1.807, 2.05) is 6.92 Å². The van der Waals surface area contributed by atoms with Gasteiger partial charge in [0.15, 0.2) is 0 Å². The molecule has 4 nitrogen and oxygen atoms in total. The number of carbonyl (C=O) groups is 2. The fourth-order valence-corrected chi connectivity index (χ4v) is 0.925. The van der Waals surface area contributed by atoms with E-state index in [1.54, 1.807) is 0 Å². The molecule has 0 aromatic heterocycles. The third-order valence-electron chi connectivity index (χ3n) is 1.66. The van der Waals surface area contributed by atoms with Crippen LogP contribution in [0.25, 0.3) is 0 Å². The Morgan fingerprint density at radius 3 is 2.38 bits per heavy atom. The first-order chi connectivity index (χ1) is 6.07. The molecule has 0 rings (SSSR count). The minimum absolute atomic E-state index is 0.496. The normalized spacial score (nSPS) is 13.0. The van der Waals surface area contributed by atoms with Gasteiger partial charge < -0.3 is 10.2 Å². The second-order valence-corrected chi connectivity index (χ2v) is 2.78. The maximum Gasteiger partial charge on any atom is 0.328 e. The molecule has 0 fully saturated rings. The third-order valence-corrected chi connectivity index (χ3v) is 1.66. The Kier molecular flexibility index (Phi) is 5.59. The standard InChI is InChI=1S/C9H14O4/c1-2-3-4-7(9(12)13)5-6-8(10)11/h5-7H,2-4H2,1H3,(H,10,11)(H,12,13)/b6-5+. The molecule has 1 unspecified atom stereocenters. The van der Waals surface area contributed by atoms with E-state index in [1.165, 1.54) is 6.08 Å². The van der Waals surface area contributed by atoms with Crippen molar-refractivity contribution in [3.8, 4) is 0 Å². The Labute approximate surface area is 76.9 Å². The van der Waals surface area contributed by atoms with E-state index in [0.29, 0.717) is 6.42 Å². The molecule has 0 heterocycles. The first-order valence-electron chi connectivity index (χ1n) is 4.21. The predicted octanol–water partition coefficient (Wildman–Crippen LogP) is 1.52. The van der Waals surface area contributed by atoms with Gasteiger partial charge in [-0.1, -0.05) is 25.8 Å². The van der Waals surface area contributed by atoms with Crippen molar-refractivity contribution >= 4 is 11.9 Å². The Hall–Kier alpha value is -1.32. The molecule has 1 atom stereocenters. The van der Waals surface area contributed by atoms with Crippen LogP contribution in [0, 0.1) is 5.92 Å². The number of carboxylic acid groups (broad SMARTS) is 2. The molecule has 0 aliphatic rings. The number of hydrogen-bond donors (Lipinski definition) is 2. The van der Waals surface area contributed by atoms with Gasteiger partial charge in [-0.25, -0.2) is 4.79 Å². The summed E-state index contributed by atoms with van der Waals surface area (Å²) in [6.45, 7) is 1.96. The van der Waals surface area contributed by atoms with E-state index in [-0.39, 0.29) is 0 Å². The van der Waals surface area contributed by atoms with Crippen LogP contribution in [0.1, 0.15) is 26.2 Å². The Morgan fingerprint density at radius 1 is 1.38 bits per heavy atom. The van der Waals surface area contributed by atoms with Gasteiger partial charge in [0.1, 0.15) is 0 Å². The highest BCUT2D eigenvalue weighted by atomic mass is 16.4. The first kappa shape index (κ1) is 11.7. The molecule has 2 N–H and O–H groups in total. The molecular formula is C9H14O4. The summed E-state index contributed by atoms with van der Waals surface area (Å²) in [5.41, 5.74) is 0. The van der Waals surface area contributed by atoms with Gasteiger partial charge in [0.25, 0.3) is 0 Å². The van der Waals surface area contributed by atoms with Gasteiger partial charge in [0.05, 0.1) is 5.92 Å². The van der Waals surface area contributed by atoms with Gasteiger partial charge in [-0.15, -0.1) is 0 Å². The van der Waals surface area contributed by atoms with Crippen LogP contribution in [0.5, 0.6) is 0 Å². The molecular weight excluding hydrogens is 172 g/mol. The van der Waals surface area contributed by atoms with Crippen molar-refractivity contribution in [1.82, 2.24) is 0 Å². The molecule has 0 aromatic rings. The van der Waals surface area contributed by atoms with Crippen LogP contribution >= 0.6 is 0 Å². The largest absolute Gasteiger partial charge is 0.481 e. The molecule has 0 aliphatic carbocycles. The van der Waals surface area contributed by atoms with Crippen molar-refractivity contribution in [1.29, 1.82) is 0 Å². The van der Waals surface area contributed by atoms with Gasteiger partial charge >= 0.3 is 11.9 Å². The topological polar surface area (TPSA) is 74.6 Å². The summed E-state index contributed by atoms with van der Waals surface area (Å²) in [7, 11) is 0. The molecule has 0 saturated carbocycles. The monoisotopic (exact) mass is 186 g/mol. The highest BCUT2D eigenvalue weighted by Crippen LogP contribution is 2.10. The fourth-order valence-electron chi connectivity index (χ4n) is 0.925. The van der Waals surface area contributed by atoms with E-state index in [9.17, 15) is 9.59 Å². The van der Waals surface area contributed by atoms with Crippen molar-refractivity contribution in [2.75, 3.05) is 0 Å². The Balaban J connectivity index is 4.09. The van der Waals surface area contributed by atoms with Crippen LogP contribution in [0.3, 0.4) is 0 Å². The van der Waals surface area contributed by atoms with E-state index in [0.717, 1.165) is 18.9 Å². The molecule has 0 amide bonds. The van der Waals surface area contributed by atoms with Crippen LogP contribution in [0.15, 0.2) is 12.2 Å². The summed E-state index contributed by atoms with van der Waals surface area (Å²) < 4.78 is 0. The molecule has 0 aromatic carbocycles. The fraction of sp³-hybridized carbons (Fsp3) is 0.556. The quantitative estimate of drug-likeness (QED) is 0.616. The summed E-state index contributed by atoms with van der Waals surface area (Å²) in [5.74, 6) is -2.75. The lowest BCUT2D eigenvalue weighted by Crippen LogP contribution is -2.11. The average Bonchev–Trinajstić information content (AvgIpc) is 2.03. The summed E-state index contributed by atoms with van der Waals surface area (Å²) in [6, 6.07) is 0. The van der Waals surface area contributed by atoms with E-state index in [4.69, 9.17) is 10.2 Å². The molecule has 0 saturated heterocycles. The lowest BCUT2D eigenvalue weighted by Gasteiger charge is -2.04. The second kappa shape index (κ2) is 6.22. The maximum absolute atomic E-state index is 10.6. The number of carboxylic acids is 2. The van der Waals surface area contributed by atoms with Crippen LogP contribution in [-0.2, 0) is 9.59 Å². The molecule has 4 heteroatoms. The van der Waals surface area contributed by atoms with Gasteiger partial charge in [-0.3, -0.25) is 4.79 Å². The average molecular weight is 186 g/mol. The minimum atomic E-state index is -1.11. The van der Waals surface area contributed by atoms with Gasteiger partial charge in [0, 0.05) is 6.08 Å². The molecule has 0 spiro atoms. The van der Waals surface area contributed by atoms with Crippen molar-refractivity contribution in [3.05, 3.63) is 12.2 Å². The summed E-state index contributed by atoms with van der Waals surface area (Å²) >= 11 is 0. The molecule has 0 radical (unpaired) electrons. The van der Waals surface area contributed by atoms with E-state index in [2.05, 4.69) is 0 Å². The zero-order chi connectivity index (χ0) is 10.3. The first-order valence-corrected chi connectivity index (χ1v) is 4.21. The number of rotatable bonds is 6. The zero-order valence-corrected chi connectivity index (χ0v) is 7.56. The lowest BCUT2D eigenvalue weighted by molar-refractivity contribution is -0.140. The highest BCUT2D eigenvalue weighted by Gasteiger charge is 2.12. The molecule has 0 bridgehead atoms. The lowest BCUT2D eigenvalue weighted by atomic mass is 10.0. The highest BCUT2D eigenvalue weighted by molar-refractivity contribution is 5.81. The zero-order valence-electron chi connectivity index (χ0n) is 7.56. The summed E-state index contributed by atoms with van der Waals surface area (Å²) in [5, 5.41) is 17.0. The SMILES string of the molecule is CCCCC(/C=C/C(=O)O)C(=O)O. The second-order valence-electron chi connectivity index (χ2n) is 2.78. The van der Waals surface area contributed by atoms with Gasteiger partial charge in [-0.2, -0.15) is 0 Å². The minimum Gasteiger partial charge on any atom is -0.481 e. The predicted molar refractivity (Wildman–Crippen MR) is 47.4 cm³/mol. The number of aliphatic carboxylic acids is 2. The molecule has 13 heavy (non-hydrogen) atoms. The smallest absolute Gasteiger partial charge is 0.328 e. The van der Waals surface area contributed by atoms with Gasteiger partial charge in [0.2, 0.25) is 0 Å². The van der Waals surface area contributed by atoms with Crippen LogP contribution in [0.2, 0.25) is 0 Å². The molecule has 0 aliphatic heterocycles. The van der Waals surface area contributed by atoms with E-state index >= 15 is 0 Å². The van der Waals surface area contributed by atoms with Crippen LogP contribution in [-0.4, -0.2) is 22.2 Å². The van der Waals surface area contributed by atoms with Crippen LogP contribution in [0.4, 0.5) is 0 Å². The Bertz CT molecular complexity index is 208. The summed E-state index contributed by atoms with van der Waals surface area (Å²) in [6.07, 6.45) is 4.30. The van der Waals surface area contributed by atoms with Crippen molar-refractivity contribution in [3.63, 3.8) is 0 Å². The summed E-state index contributed by atoms with van der Waals surface area (Å²) in [4.78, 5) is 20.7. The van der Waals surface area contributed by atoms with Crippen molar-refractivity contribution in [2.24, 2.45) is 5.92 Å². The molecule has 74 valence electrons. The number of hydrogen-bond acceptors (Lipinski definition) is 2. The van der Waals surface area contributed by atoms with E-state index < -0.39 is 17.9 Å². The van der Waals surface area contributed by atoms with Crippen molar-refractivity contribution in [2.45, 2.75) is 26.2 Å². The Morgan fingerprint density at radius 2 is 2.00 bits per heavy atom. The number of unbranched alkanes of at least 4 members (excludes halogenated alkanes) is 1. The van der Waals surface area contributed by atoms with Crippen LogP contribution < -0.4 is 0 Å². The van der Waals surface area contributed by atoms with Gasteiger partial charge in [-0.05, 0) is 6.42 Å². The van der Waals surface area contributed by atoms with Crippen molar-refractivity contribution < 1.29 is 19.8 Å². The maximum atomic E-state index is 10.6. The third kappa shape index (κ3) is 5.90.